The van der Waals surface area contributed by atoms with Gasteiger partial charge in [0.1, 0.15) is 23.2 Å². The molecule has 4 aromatic rings. The maximum atomic E-state index is 12.6. The molecule has 0 aliphatic rings. The first-order valence-electron chi connectivity index (χ1n) is 11.6. The Morgan fingerprint density at radius 1 is 0.744 bits per heavy atom. The van der Waals surface area contributed by atoms with Gasteiger partial charge in [-0.15, -0.1) is 13.2 Å². The van der Waals surface area contributed by atoms with E-state index in [1.54, 1.807) is 12.1 Å². The summed E-state index contributed by atoms with van der Waals surface area (Å²) >= 11 is 0. The average molecular weight is 537 g/mol. The lowest BCUT2D eigenvalue weighted by Crippen LogP contribution is -2.20. The van der Waals surface area contributed by atoms with Crippen molar-refractivity contribution >= 4 is 23.4 Å². The first-order valence-corrected chi connectivity index (χ1v) is 11.6. The van der Waals surface area contributed by atoms with Gasteiger partial charge in [0.2, 0.25) is 0 Å². The van der Waals surface area contributed by atoms with Gasteiger partial charge in [-0.1, -0.05) is 60.7 Å². The lowest BCUT2D eigenvalue weighted by molar-refractivity contribution is -0.274. The highest BCUT2D eigenvalue weighted by atomic mass is 19.4. The molecule has 2 amide bonds. The van der Waals surface area contributed by atoms with E-state index in [0.29, 0.717) is 0 Å². The SMILES string of the molecule is COC(=O)c1cc(NC(=O)Nc2ccc(OC(F)(F)F)cc2)ccc1OC(c1ccccc1)c1ccccc1. The molecular formula is C29H23F3N2O5. The lowest BCUT2D eigenvalue weighted by atomic mass is 10.0. The molecular weight excluding hydrogens is 513 g/mol. The van der Waals surface area contributed by atoms with E-state index in [-0.39, 0.29) is 22.7 Å². The molecule has 0 spiro atoms. The number of urea groups is 1. The van der Waals surface area contributed by atoms with Gasteiger partial charge in [-0.25, -0.2) is 9.59 Å². The minimum atomic E-state index is -4.82. The van der Waals surface area contributed by atoms with Crippen LogP contribution in [0.1, 0.15) is 27.6 Å². The number of alkyl halides is 3. The third-order valence-electron chi connectivity index (χ3n) is 5.44. The van der Waals surface area contributed by atoms with Gasteiger partial charge in [-0.2, -0.15) is 0 Å². The normalized spacial score (nSPS) is 11.0. The van der Waals surface area contributed by atoms with Crippen LogP contribution in [-0.4, -0.2) is 25.5 Å². The molecule has 2 N–H and O–H groups in total. The number of hydrogen-bond donors (Lipinski definition) is 2. The zero-order valence-electron chi connectivity index (χ0n) is 20.6. The number of carbonyl (C=O) groups is 2. The van der Waals surface area contributed by atoms with E-state index in [1.165, 1.54) is 25.3 Å². The van der Waals surface area contributed by atoms with E-state index in [1.807, 2.05) is 60.7 Å². The molecule has 10 heteroatoms. The number of carbonyl (C=O) groups excluding carboxylic acids is 2. The minimum Gasteiger partial charge on any atom is -0.480 e. The Bertz CT molecular complexity index is 1370. The predicted molar refractivity (Wildman–Crippen MR) is 139 cm³/mol. The second kappa shape index (κ2) is 12.0. The molecule has 0 aliphatic heterocycles. The van der Waals surface area contributed by atoms with Crippen molar-refractivity contribution in [2.45, 2.75) is 12.5 Å². The molecule has 0 saturated heterocycles. The number of anilines is 2. The molecule has 0 radical (unpaired) electrons. The number of benzene rings is 4. The molecule has 0 bridgehead atoms. The first kappa shape index (κ1) is 27.1. The highest BCUT2D eigenvalue weighted by Crippen LogP contribution is 2.32. The van der Waals surface area contributed by atoms with Crippen molar-refractivity contribution in [3.05, 3.63) is 120 Å². The molecule has 39 heavy (non-hydrogen) atoms. The van der Waals surface area contributed by atoms with Crippen LogP contribution in [0.4, 0.5) is 29.3 Å². The molecule has 7 nitrogen and oxygen atoms in total. The Labute approximate surface area is 222 Å². The number of esters is 1. The van der Waals surface area contributed by atoms with Crippen molar-refractivity contribution in [1.82, 2.24) is 0 Å². The fourth-order valence-electron chi connectivity index (χ4n) is 3.72. The number of halogens is 3. The number of rotatable bonds is 8. The number of nitrogens with one attached hydrogen (secondary N) is 2. The monoisotopic (exact) mass is 536 g/mol. The fraction of sp³-hybridized carbons (Fsp3) is 0.103. The van der Waals surface area contributed by atoms with E-state index in [4.69, 9.17) is 9.47 Å². The molecule has 4 rings (SSSR count). The van der Waals surface area contributed by atoms with Gasteiger partial charge >= 0.3 is 18.4 Å². The summed E-state index contributed by atoms with van der Waals surface area (Å²) in [6.07, 6.45) is -5.34. The Balaban J connectivity index is 1.53. The Hall–Kier alpha value is -4.99. The van der Waals surface area contributed by atoms with Crippen molar-refractivity contribution in [2.24, 2.45) is 0 Å². The Kier molecular flexibility index (Phi) is 8.35. The quantitative estimate of drug-likeness (QED) is 0.233. The fourth-order valence-corrected chi connectivity index (χ4v) is 3.72. The molecule has 0 saturated carbocycles. The van der Waals surface area contributed by atoms with Crippen LogP contribution in [0.15, 0.2) is 103 Å². The van der Waals surface area contributed by atoms with E-state index < -0.39 is 30.2 Å². The Morgan fingerprint density at radius 3 is 1.82 bits per heavy atom. The van der Waals surface area contributed by atoms with Gasteiger partial charge in [-0.05, 0) is 53.6 Å². The van der Waals surface area contributed by atoms with Crippen molar-refractivity contribution in [3.63, 3.8) is 0 Å². The highest BCUT2D eigenvalue weighted by Gasteiger charge is 2.31. The van der Waals surface area contributed by atoms with E-state index in [0.717, 1.165) is 23.3 Å². The predicted octanol–water partition coefficient (Wildman–Crippen LogP) is 7.18. The summed E-state index contributed by atoms with van der Waals surface area (Å²) in [6, 6.07) is 27.5. The van der Waals surface area contributed by atoms with Gasteiger partial charge in [0.25, 0.3) is 0 Å². The molecule has 0 heterocycles. The minimum absolute atomic E-state index is 0.0841. The summed E-state index contributed by atoms with van der Waals surface area (Å²) in [5.74, 6) is -0.851. The van der Waals surface area contributed by atoms with Crippen molar-refractivity contribution in [2.75, 3.05) is 17.7 Å². The lowest BCUT2D eigenvalue weighted by Gasteiger charge is -2.22. The summed E-state index contributed by atoms with van der Waals surface area (Å²) in [5, 5.41) is 5.08. The molecule has 0 atom stereocenters. The first-order chi connectivity index (χ1) is 18.7. The third-order valence-corrected chi connectivity index (χ3v) is 5.44. The van der Waals surface area contributed by atoms with Crippen LogP contribution in [0.3, 0.4) is 0 Å². The summed E-state index contributed by atoms with van der Waals surface area (Å²) in [6.45, 7) is 0. The number of methoxy groups -OCH3 is 1. The molecule has 200 valence electrons. The summed E-state index contributed by atoms with van der Waals surface area (Å²) in [5.41, 5.74) is 2.30. The maximum absolute atomic E-state index is 12.6. The summed E-state index contributed by atoms with van der Waals surface area (Å²) in [7, 11) is 1.23. The van der Waals surface area contributed by atoms with Crippen molar-refractivity contribution < 1.29 is 37.0 Å². The zero-order chi connectivity index (χ0) is 27.8. The zero-order valence-corrected chi connectivity index (χ0v) is 20.6. The maximum Gasteiger partial charge on any atom is 0.573 e. The van der Waals surface area contributed by atoms with E-state index >= 15 is 0 Å². The third kappa shape index (κ3) is 7.51. The van der Waals surface area contributed by atoms with Crippen LogP contribution in [0.2, 0.25) is 0 Å². The van der Waals surface area contributed by atoms with Crippen LogP contribution >= 0.6 is 0 Å². The van der Waals surface area contributed by atoms with Gasteiger partial charge in [-0.3, -0.25) is 0 Å². The second-order valence-corrected chi connectivity index (χ2v) is 8.17. The van der Waals surface area contributed by atoms with E-state index in [9.17, 15) is 22.8 Å². The average Bonchev–Trinajstić information content (AvgIpc) is 2.93. The topological polar surface area (TPSA) is 85.9 Å². The summed E-state index contributed by atoms with van der Waals surface area (Å²) in [4.78, 5) is 25.1. The van der Waals surface area contributed by atoms with Crippen LogP contribution in [-0.2, 0) is 4.74 Å². The van der Waals surface area contributed by atoms with E-state index in [2.05, 4.69) is 15.4 Å². The van der Waals surface area contributed by atoms with Gasteiger partial charge in [0.05, 0.1) is 7.11 Å². The molecule has 0 aliphatic carbocycles. The second-order valence-electron chi connectivity index (χ2n) is 8.17. The molecule has 0 fully saturated rings. The van der Waals surface area contributed by atoms with Gasteiger partial charge in [0.15, 0.2) is 0 Å². The van der Waals surface area contributed by atoms with Crippen molar-refractivity contribution in [1.29, 1.82) is 0 Å². The van der Waals surface area contributed by atoms with Crippen LogP contribution in [0, 0.1) is 0 Å². The molecule has 0 aromatic heterocycles. The Morgan fingerprint density at radius 2 is 1.28 bits per heavy atom. The molecule has 0 unspecified atom stereocenters. The van der Waals surface area contributed by atoms with Crippen LogP contribution in [0.25, 0.3) is 0 Å². The van der Waals surface area contributed by atoms with Crippen LogP contribution < -0.4 is 20.1 Å². The highest BCUT2D eigenvalue weighted by molar-refractivity contribution is 6.01. The number of hydrogen-bond acceptors (Lipinski definition) is 5. The number of ether oxygens (including phenoxy) is 3. The van der Waals surface area contributed by atoms with Gasteiger partial charge in [0, 0.05) is 11.4 Å². The number of amides is 2. The van der Waals surface area contributed by atoms with Crippen molar-refractivity contribution in [3.8, 4) is 11.5 Å². The van der Waals surface area contributed by atoms with Crippen LogP contribution in [0.5, 0.6) is 11.5 Å². The standard InChI is InChI=1S/C29H23F3N2O5/c1-37-27(35)24-18-22(34-28(36)33-21-12-15-23(16-13-21)39-29(30,31)32)14-17-25(24)38-26(19-8-4-2-5-9-19)20-10-6-3-7-11-20/h2-18,26H,1H3,(H2,33,34,36). The smallest absolute Gasteiger partial charge is 0.480 e. The van der Waals surface area contributed by atoms with Gasteiger partial charge < -0.3 is 24.8 Å². The molecule has 4 aromatic carbocycles. The largest absolute Gasteiger partial charge is 0.573 e. The summed E-state index contributed by atoms with van der Waals surface area (Å²) < 4.78 is 52.1.